The van der Waals surface area contributed by atoms with E-state index in [9.17, 15) is 9.59 Å². The summed E-state index contributed by atoms with van der Waals surface area (Å²) in [6.45, 7) is 9.69. The van der Waals surface area contributed by atoms with Gasteiger partial charge in [0.05, 0.1) is 0 Å². The number of rotatable bonds is 3. The molecule has 0 spiro atoms. The number of amides is 2. The maximum Gasteiger partial charge on any atom is 0.319 e. The lowest BCUT2D eigenvalue weighted by atomic mass is 9.88. The minimum atomic E-state index is -0.238. The monoisotopic (exact) mass is 262 g/mol. The predicted octanol–water partition coefficient (Wildman–Crippen LogP) is 3.45. The Bertz CT molecular complexity index is 458. The third kappa shape index (κ3) is 4.73. The molecule has 104 valence electrons. The number of Topliss-reactive ketones (excluding diaryl/α,β-unsaturated/α-hetero) is 1. The van der Waals surface area contributed by atoms with Gasteiger partial charge in [0.1, 0.15) is 0 Å². The molecule has 0 fully saturated rings. The van der Waals surface area contributed by atoms with Crippen LogP contribution in [0.2, 0.25) is 0 Å². The molecule has 4 heteroatoms. The van der Waals surface area contributed by atoms with Crippen molar-refractivity contribution in [2.45, 2.75) is 40.7 Å². The molecule has 1 rings (SSSR count). The largest absolute Gasteiger partial charge is 0.335 e. The van der Waals surface area contributed by atoms with Gasteiger partial charge in [0, 0.05) is 17.3 Å². The molecule has 0 aromatic heterocycles. The molecule has 4 nitrogen and oxygen atoms in total. The number of anilines is 1. The zero-order valence-electron chi connectivity index (χ0n) is 12.2. The number of hydrogen-bond acceptors (Lipinski definition) is 2. The van der Waals surface area contributed by atoms with Crippen LogP contribution in [0.3, 0.4) is 0 Å². The molecule has 0 saturated heterocycles. The molecule has 1 unspecified atom stereocenters. The van der Waals surface area contributed by atoms with Crippen LogP contribution in [-0.2, 0) is 0 Å². The fourth-order valence-corrected chi connectivity index (χ4v) is 1.37. The molecule has 0 saturated carbocycles. The molecule has 2 N–H and O–H groups in total. The lowest BCUT2D eigenvalue weighted by molar-refractivity contribution is 0.101. The highest BCUT2D eigenvalue weighted by atomic mass is 16.2. The molecule has 19 heavy (non-hydrogen) atoms. The van der Waals surface area contributed by atoms with E-state index in [2.05, 4.69) is 31.4 Å². The van der Waals surface area contributed by atoms with E-state index in [4.69, 9.17) is 0 Å². The van der Waals surface area contributed by atoms with Crippen LogP contribution in [0.1, 0.15) is 45.0 Å². The summed E-state index contributed by atoms with van der Waals surface area (Å²) >= 11 is 0. The van der Waals surface area contributed by atoms with Gasteiger partial charge in [-0.05, 0) is 43.5 Å². The van der Waals surface area contributed by atoms with Crippen molar-refractivity contribution >= 4 is 17.5 Å². The van der Waals surface area contributed by atoms with Gasteiger partial charge < -0.3 is 10.6 Å². The van der Waals surface area contributed by atoms with Gasteiger partial charge in [0.25, 0.3) is 0 Å². The van der Waals surface area contributed by atoms with Crippen molar-refractivity contribution in [1.29, 1.82) is 0 Å². The molecule has 0 aliphatic carbocycles. The fourth-order valence-electron chi connectivity index (χ4n) is 1.37. The summed E-state index contributed by atoms with van der Waals surface area (Å²) in [5, 5.41) is 5.64. The smallest absolute Gasteiger partial charge is 0.319 e. The second kappa shape index (κ2) is 5.87. The fraction of sp³-hybridized carbons (Fsp3) is 0.467. The van der Waals surface area contributed by atoms with Crippen LogP contribution in [0.25, 0.3) is 0 Å². The van der Waals surface area contributed by atoms with Gasteiger partial charge in [0.2, 0.25) is 0 Å². The minimum absolute atomic E-state index is 0.00975. The Kier molecular flexibility index (Phi) is 4.70. The number of ketones is 1. The van der Waals surface area contributed by atoms with E-state index in [0.717, 1.165) is 0 Å². The van der Waals surface area contributed by atoms with E-state index in [1.165, 1.54) is 6.92 Å². The SMILES string of the molecule is CC(=O)c1ccc(NC(=O)NC(C)C(C)(C)C)cc1. The first kappa shape index (κ1) is 15.2. The molecule has 0 radical (unpaired) electrons. The Morgan fingerprint density at radius 2 is 1.63 bits per heavy atom. The Labute approximate surface area is 114 Å². The van der Waals surface area contributed by atoms with Gasteiger partial charge >= 0.3 is 6.03 Å². The number of urea groups is 1. The number of benzene rings is 1. The van der Waals surface area contributed by atoms with Gasteiger partial charge in [0.15, 0.2) is 5.78 Å². The van der Waals surface area contributed by atoms with Crippen molar-refractivity contribution in [1.82, 2.24) is 5.32 Å². The van der Waals surface area contributed by atoms with Crippen LogP contribution < -0.4 is 10.6 Å². The number of nitrogens with one attached hydrogen (secondary N) is 2. The average Bonchev–Trinajstić information content (AvgIpc) is 2.28. The number of carbonyl (C=O) groups is 2. The first-order valence-electron chi connectivity index (χ1n) is 6.38. The second-order valence-corrected chi connectivity index (χ2v) is 5.82. The van der Waals surface area contributed by atoms with Gasteiger partial charge in [-0.1, -0.05) is 20.8 Å². The predicted molar refractivity (Wildman–Crippen MR) is 77.5 cm³/mol. The standard InChI is InChI=1S/C15H22N2O2/c1-10(18)12-6-8-13(9-7-12)17-14(19)16-11(2)15(3,4)5/h6-9,11H,1-5H3,(H2,16,17,19). The molecule has 1 aromatic carbocycles. The van der Waals surface area contributed by atoms with Gasteiger partial charge in [-0.15, -0.1) is 0 Å². The highest BCUT2D eigenvalue weighted by Crippen LogP contribution is 2.18. The van der Waals surface area contributed by atoms with Crippen molar-refractivity contribution in [3.05, 3.63) is 29.8 Å². The van der Waals surface area contributed by atoms with E-state index in [-0.39, 0.29) is 23.3 Å². The molecule has 0 aliphatic heterocycles. The maximum absolute atomic E-state index is 11.8. The maximum atomic E-state index is 11.8. The summed E-state index contributed by atoms with van der Waals surface area (Å²) in [5.41, 5.74) is 1.31. The Balaban J connectivity index is 2.60. The summed E-state index contributed by atoms with van der Waals surface area (Å²) in [6.07, 6.45) is 0. The van der Waals surface area contributed by atoms with E-state index >= 15 is 0 Å². The number of hydrogen-bond donors (Lipinski definition) is 2. The molecule has 0 aliphatic rings. The van der Waals surface area contributed by atoms with E-state index in [0.29, 0.717) is 11.3 Å². The van der Waals surface area contributed by atoms with Crippen LogP contribution in [-0.4, -0.2) is 17.9 Å². The molecule has 0 heterocycles. The van der Waals surface area contributed by atoms with E-state index in [1.807, 2.05) is 6.92 Å². The molecule has 1 aromatic rings. The van der Waals surface area contributed by atoms with Crippen molar-refractivity contribution in [3.63, 3.8) is 0 Å². The summed E-state index contributed by atoms with van der Waals surface area (Å²) in [7, 11) is 0. The number of carbonyl (C=O) groups excluding carboxylic acids is 2. The minimum Gasteiger partial charge on any atom is -0.335 e. The zero-order valence-corrected chi connectivity index (χ0v) is 12.2. The summed E-state index contributed by atoms with van der Waals surface area (Å²) in [6, 6.07) is 6.66. The van der Waals surface area contributed by atoms with Crippen LogP contribution >= 0.6 is 0 Å². The van der Waals surface area contributed by atoms with Gasteiger partial charge in [-0.2, -0.15) is 0 Å². The lowest BCUT2D eigenvalue weighted by Crippen LogP contribution is -2.43. The van der Waals surface area contributed by atoms with Crippen molar-refractivity contribution in [2.24, 2.45) is 5.41 Å². The second-order valence-electron chi connectivity index (χ2n) is 5.82. The van der Waals surface area contributed by atoms with Crippen LogP contribution in [0.5, 0.6) is 0 Å². The topological polar surface area (TPSA) is 58.2 Å². The Morgan fingerprint density at radius 3 is 2.05 bits per heavy atom. The molecule has 0 bridgehead atoms. The van der Waals surface area contributed by atoms with Crippen molar-refractivity contribution in [3.8, 4) is 0 Å². The Hall–Kier alpha value is -1.84. The molecular weight excluding hydrogens is 240 g/mol. The van der Waals surface area contributed by atoms with Crippen molar-refractivity contribution < 1.29 is 9.59 Å². The molecule has 1 atom stereocenters. The van der Waals surface area contributed by atoms with Crippen LogP contribution in [0, 0.1) is 5.41 Å². The Morgan fingerprint density at radius 1 is 1.11 bits per heavy atom. The average molecular weight is 262 g/mol. The molecule has 2 amide bonds. The van der Waals surface area contributed by atoms with Gasteiger partial charge in [-0.3, -0.25) is 4.79 Å². The lowest BCUT2D eigenvalue weighted by Gasteiger charge is -2.28. The zero-order chi connectivity index (χ0) is 14.6. The van der Waals surface area contributed by atoms with E-state index < -0.39 is 0 Å². The summed E-state index contributed by atoms with van der Waals surface area (Å²) in [4.78, 5) is 22.9. The summed E-state index contributed by atoms with van der Waals surface area (Å²) < 4.78 is 0. The quantitative estimate of drug-likeness (QED) is 0.820. The third-order valence-electron chi connectivity index (χ3n) is 3.20. The van der Waals surface area contributed by atoms with Gasteiger partial charge in [-0.25, -0.2) is 4.79 Å². The third-order valence-corrected chi connectivity index (χ3v) is 3.20. The highest BCUT2D eigenvalue weighted by molar-refractivity contribution is 5.95. The van der Waals surface area contributed by atoms with Crippen LogP contribution in [0.4, 0.5) is 10.5 Å². The van der Waals surface area contributed by atoms with Crippen molar-refractivity contribution in [2.75, 3.05) is 5.32 Å². The normalized spacial score (nSPS) is 12.7. The summed E-state index contributed by atoms with van der Waals surface area (Å²) in [5.74, 6) is 0.0114. The van der Waals surface area contributed by atoms with E-state index in [1.54, 1.807) is 24.3 Å². The molecular formula is C15H22N2O2. The first-order valence-corrected chi connectivity index (χ1v) is 6.38. The first-order chi connectivity index (χ1) is 8.70. The highest BCUT2D eigenvalue weighted by Gasteiger charge is 2.21. The van der Waals surface area contributed by atoms with Crippen LogP contribution in [0.15, 0.2) is 24.3 Å².